The van der Waals surface area contributed by atoms with Crippen LogP contribution in [0.1, 0.15) is 31.9 Å². The second-order valence-electron chi connectivity index (χ2n) is 3.98. The van der Waals surface area contributed by atoms with E-state index in [0.29, 0.717) is 5.82 Å². The average Bonchev–Trinajstić information content (AvgIpc) is 2.78. The Morgan fingerprint density at radius 2 is 2.56 bits per heavy atom. The molecule has 0 aromatic carbocycles. The van der Waals surface area contributed by atoms with Crippen molar-refractivity contribution in [3.05, 3.63) is 11.8 Å². The number of nitrogens with zero attached hydrogens (tertiary/aromatic N) is 1. The van der Waals surface area contributed by atoms with Crippen LogP contribution in [0.25, 0.3) is 0 Å². The van der Waals surface area contributed by atoms with Gasteiger partial charge in [0.1, 0.15) is 0 Å². The molecule has 1 fully saturated rings. The molecule has 1 aliphatic rings. The Kier molecular flexibility index (Phi) is 3.88. The van der Waals surface area contributed by atoms with Crippen LogP contribution in [0.5, 0.6) is 0 Å². The number of rotatable bonds is 3. The number of H-pyrrole nitrogens is 1. The highest BCUT2D eigenvalue weighted by molar-refractivity contribution is 8.00. The second-order valence-corrected chi connectivity index (χ2v) is 5.29. The molecule has 5 heteroatoms. The second kappa shape index (κ2) is 5.39. The van der Waals surface area contributed by atoms with E-state index in [4.69, 9.17) is 0 Å². The molecule has 1 aromatic rings. The van der Waals surface area contributed by atoms with Gasteiger partial charge in [0.2, 0.25) is 5.91 Å². The van der Waals surface area contributed by atoms with Gasteiger partial charge in [-0.05, 0) is 25.0 Å². The van der Waals surface area contributed by atoms with Crippen molar-refractivity contribution < 1.29 is 4.79 Å². The molecule has 1 amide bonds. The Morgan fingerprint density at radius 3 is 3.19 bits per heavy atom. The van der Waals surface area contributed by atoms with Gasteiger partial charge in [0.25, 0.3) is 0 Å². The molecule has 2 heterocycles. The zero-order valence-electron chi connectivity index (χ0n) is 9.45. The Balaban J connectivity index is 1.90. The maximum atomic E-state index is 11.9. The Labute approximate surface area is 99.6 Å². The maximum Gasteiger partial charge on any atom is 0.238 e. The van der Waals surface area contributed by atoms with E-state index in [0.717, 1.165) is 30.7 Å². The van der Waals surface area contributed by atoms with Gasteiger partial charge >= 0.3 is 0 Å². The van der Waals surface area contributed by atoms with Crippen LogP contribution >= 0.6 is 11.8 Å². The summed E-state index contributed by atoms with van der Waals surface area (Å²) in [6.45, 7) is 2.05. The molecule has 1 unspecified atom stereocenters. The summed E-state index contributed by atoms with van der Waals surface area (Å²) >= 11 is 1.75. The van der Waals surface area contributed by atoms with Crippen LogP contribution in [0.4, 0.5) is 5.82 Å². The number of aromatic amines is 1. The fraction of sp³-hybridized carbons (Fsp3) is 0.636. The van der Waals surface area contributed by atoms with Crippen LogP contribution in [0.3, 0.4) is 0 Å². The molecule has 0 saturated carbocycles. The normalized spacial score (nSPS) is 20.7. The predicted octanol–water partition coefficient (Wildman–Crippen LogP) is 2.20. The van der Waals surface area contributed by atoms with Gasteiger partial charge in [0, 0.05) is 11.8 Å². The molecule has 1 aromatic heterocycles. The molecule has 0 spiro atoms. The van der Waals surface area contributed by atoms with Crippen molar-refractivity contribution in [1.82, 2.24) is 10.2 Å². The molecule has 1 aliphatic heterocycles. The zero-order chi connectivity index (χ0) is 11.4. The topological polar surface area (TPSA) is 57.8 Å². The number of aromatic nitrogens is 2. The van der Waals surface area contributed by atoms with Crippen molar-refractivity contribution in [3.8, 4) is 0 Å². The minimum absolute atomic E-state index is 0.0962. The Bertz CT molecular complexity index is 358. The average molecular weight is 239 g/mol. The Hall–Kier alpha value is -0.970. The molecule has 4 nitrogen and oxygen atoms in total. The molecule has 1 atom stereocenters. The molecular formula is C11H17N3OS. The van der Waals surface area contributed by atoms with Crippen LogP contribution in [-0.4, -0.2) is 27.1 Å². The zero-order valence-corrected chi connectivity index (χ0v) is 10.3. The van der Waals surface area contributed by atoms with E-state index in [-0.39, 0.29) is 11.2 Å². The number of nitrogens with one attached hydrogen (secondary N) is 2. The van der Waals surface area contributed by atoms with E-state index in [1.54, 1.807) is 11.8 Å². The highest BCUT2D eigenvalue weighted by Gasteiger charge is 2.22. The lowest BCUT2D eigenvalue weighted by Gasteiger charge is -2.19. The van der Waals surface area contributed by atoms with Crippen molar-refractivity contribution >= 4 is 23.5 Å². The van der Waals surface area contributed by atoms with E-state index in [1.165, 1.54) is 6.42 Å². The summed E-state index contributed by atoms with van der Waals surface area (Å²) in [6.07, 6.45) is 4.28. The van der Waals surface area contributed by atoms with Gasteiger partial charge < -0.3 is 5.32 Å². The molecule has 1 saturated heterocycles. The summed E-state index contributed by atoms with van der Waals surface area (Å²) in [6, 6.07) is 1.89. The lowest BCUT2D eigenvalue weighted by molar-refractivity contribution is -0.115. The highest BCUT2D eigenvalue weighted by atomic mass is 32.2. The molecule has 88 valence electrons. The number of carbonyl (C=O) groups excluding carboxylic acids is 1. The summed E-state index contributed by atoms with van der Waals surface area (Å²) in [4.78, 5) is 11.9. The number of thioether (sulfide) groups is 1. The maximum absolute atomic E-state index is 11.9. The van der Waals surface area contributed by atoms with Gasteiger partial charge in [-0.3, -0.25) is 9.89 Å². The van der Waals surface area contributed by atoms with Crippen molar-refractivity contribution in [2.45, 2.75) is 37.9 Å². The minimum atomic E-state index is 0.0962. The van der Waals surface area contributed by atoms with Crippen LogP contribution in [0.15, 0.2) is 6.07 Å². The van der Waals surface area contributed by atoms with Gasteiger partial charge in [-0.25, -0.2) is 0 Å². The largest absolute Gasteiger partial charge is 0.308 e. The summed E-state index contributed by atoms with van der Waals surface area (Å²) in [5, 5.41) is 9.92. The first kappa shape index (κ1) is 11.5. The van der Waals surface area contributed by atoms with Crippen molar-refractivity contribution in [2.75, 3.05) is 11.1 Å². The van der Waals surface area contributed by atoms with Crippen LogP contribution in [0.2, 0.25) is 0 Å². The van der Waals surface area contributed by atoms with Gasteiger partial charge in [0.05, 0.1) is 5.25 Å². The summed E-state index contributed by atoms with van der Waals surface area (Å²) in [7, 11) is 0. The number of hydrogen-bond donors (Lipinski definition) is 2. The SMILES string of the molecule is CCc1cc(NC(=O)C2CCCCS2)n[nH]1. The van der Waals surface area contributed by atoms with Crippen molar-refractivity contribution in [1.29, 1.82) is 0 Å². The number of hydrogen-bond acceptors (Lipinski definition) is 3. The first-order valence-corrected chi connectivity index (χ1v) is 6.81. The van der Waals surface area contributed by atoms with Crippen LogP contribution in [0, 0.1) is 0 Å². The standard InChI is InChI=1S/C11H17N3OS/c1-2-8-7-10(14-13-8)12-11(15)9-5-3-4-6-16-9/h7,9H,2-6H2,1H3,(H2,12,13,14,15). The summed E-state index contributed by atoms with van der Waals surface area (Å²) < 4.78 is 0. The number of amides is 1. The third-order valence-corrected chi connectivity index (χ3v) is 4.11. The smallest absolute Gasteiger partial charge is 0.238 e. The summed E-state index contributed by atoms with van der Waals surface area (Å²) in [5.41, 5.74) is 1.05. The van der Waals surface area contributed by atoms with E-state index in [9.17, 15) is 4.79 Å². The molecule has 2 rings (SSSR count). The van der Waals surface area contributed by atoms with Crippen LogP contribution < -0.4 is 5.32 Å². The fourth-order valence-corrected chi connectivity index (χ4v) is 2.96. The van der Waals surface area contributed by atoms with Gasteiger partial charge in [0.15, 0.2) is 5.82 Å². The minimum Gasteiger partial charge on any atom is -0.308 e. The monoisotopic (exact) mass is 239 g/mol. The van der Waals surface area contributed by atoms with Gasteiger partial charge in [-0.15, -0.1) is 11.8 Å². The molecule has 0 aliphatic carbocycles. The Morgan fingerprint density at radius 1 is 1.69 bits per heavy atom. The van der Waals surface area contributed by atoms with Gasteiger partial charge in [-0.2, -0.15) is 5.10 Å². The third-order valence-electron chi connectivity index (χ3n) is 2.74. The van der Waals surface area contributed by atoms with E-state index in [2.05, 4.69) is 22.4 Å². The quantitative estimate of drug-likeness (QED) is 0.850. The van der Waals surface area contributed by atoms with Crippen LogP contribution in [-0.2, 0) is 11.2 Å². The molecule has 16 heavy (non-hydrogen) atoms. The number of anilines is 1. The molecular weight excluding hydrogens is 222 g/mol. The highest BCUT2D eigenvalue weighted by Crippen LogP contribution is 2.25. The third kappa shape index (κ3) is 2.78. The number of aryl methyl sites for hydroxylation is 1. The fourth-order valence-electron chi connectivity index (χ4n) is 1.76. The number of carbonyl (C=O) groups is 1. The van der Waals surface area contributed by atoms with E-state index < -0.39 is 0 Å². The predicted molar refractivity (Wildman–Crippen MR) is 66.7 cm³/mol. The van der Waals surface area contributed by atoms with Gasteiger partial charge in [-0.1, -0.05) is 13.3 Å². The van der Waals surface area contributed by atoms with E-state index >= 15 is 0 Å². The van der Waals surface area contributed by atoms with Crippen molar-refractivity contribution in [3.63, 3.8) is 0 Å². The summed E-state index contributed by atoms with van der Waals surface area (Å²) in [5.74, 6) is 1.84. The van der Waals surface area contributed by atoms with Crippen molar-refractivity contribution in [2.24, 2.45) is 0 Å². The first-order chi connectivity index (χ1) is 7.79. The molecule has 2 N–H and O–H groups in total. The molecule has 0 radical (unpaired) electrons. The molecule has 0 bridgehead atoms. The lowest BCUT2D eigenvalue weighted by atomic mass is 10.2. The lowest BCUT2D eigenvalue weighted by Crippen LogP contribution is -2.27. The first-order valence-electron chi connectivity index (χ1n) is 5.76. The van der Waals surface area contributed by atoms with E-state index in [1.807, 2.05) is 6.07 Å².